The Bertz CT molecular complexity index is 2320. The van der Waals surface area contributed by atoms with Crippen molar-refractivity contribution in [2.75, 3.05) is 26.4 Å². The number of benzene rings is 4. The number of phenols is 2. The Balaban J connectivity index is 1.77. The Morgan fingerprint density at radius 3 is 0.926 bits per heavy atom. The molecule has 2 heterocycles. The quantitative estimate of drug-likeness (QED) is 0.0998. The van der Waals surface area contributed by atoms with E-state index in [-0.39, 0.29) is 72.1 Å². The van der Waals surface area contributed by atoms with Crippen LogP contribution in [0.3, 0.4) is 0 Å². The third kappa shape index (κ3) is 11.6. The molecule has 2 aliphatic heterocycles. The molecule has 0 saturated heterocycles. The molecule has 366 valence electrons. The van der Waals surface area contributed by atoms with Gasteiger partial charge in [0.2, 0.25) is 12.2 Å². The molecule has 7 rings (SSSR count). The first-order valence-corrected chi connectivity index (χ1v) is 23.6. The van der Waals surface area contributed by atoms with Crippen molar-refractivity contribution in [3.05, 3.63) is 115 Å². The average molecular weight is 935 g/mol. The number of hydrogen-bond acceptors (Lipinski definition) is 12. The number of hydrogen-bond donors (Lipinski definition) is 2. The van der Waals surface area contributed by atoms with Gasteiger partial charge in [0, 0.05) is 25.7 Å². The molecule has 2 atom stereocenters. The fraction of sp³-hybridized carbons (Fsp3) is 0.500. The molecule has 12 heteroatoms. The molecule has 0 fully saturated rings. The third-order valence-electron chi connectivity index (χ3n) is 12.5. The van der Waals surface area contributed by atoms with Gasteiger partial charge in [0.1, 0.15) is 23.0 Å². The summed E-state index contributed by atoms with van der Waals surface area (Å²) in [5, 5.41) is 25.0. The Morgan fingerprint density at radius 1 is 0.471 bits per heavy atom. The molecule has 2 N–H and O–H groups in total. The number of carbonyl (C=O) groups is 4. The fourth-order valence-electron chi connectivity index (χ4n) is 8.55. The van der Waals surface area contributed by atoms with Crippen LogP contribution in [0, 0.1) is 0 Å². The normalized spacial score (nSPS) is 17.2. The maximum Gasteiger partial charge on any atom is 0.352 e. The summed E-state index contributed by atoms with van der Waals surface area (Å²) in [6, 6.07) is 16.1. The highest BCUT2D eigenvalue weighted by Gasteiger charge is 2.43. The highest BCUT2D eigenvalue weighted by molar-refractivity contribution is 5.89. The van der Waals surface area contributed by atoms with Crippen LogP contribution >= 0.6 is 0 Å². The van der Waals surface area contributed by atoms with Crippen LogP contribution < -0.4 is 9.47 Å². The maximum absolute atomic E-state index is 14.0. The molecule has 0 spiro atoms. The Labute approximate surface area is 401 Å². The lowest BCUT2D eigenvalue weighted by Crippen LogP contribution is -2.48. The van der Waals surface area contributed by atoms with Crippen molar-refractivity contribution in [1.29, 1.82) is 0 Å². The summed E-state index contributed by atoms with van der Waals surface area (Å²) in [6.45, 7) is 26.5. The van der Waals surface area contributed by atoms with Crippen LogP contribution in [0.4, 0.5) is 0 Å². The van der Waals surface area contributed by atoms with Gasteiger partial charge in [-0.2, -0.15) is 0 Å². The van der Waals surface area contributed by atoms with Crippen LogP contribution in [-0.4, -0.2) is 72.7 Å². The van der Waals surface area contributed by atoms with Gasteiger partial charge in [-0.15, -0.1) is 0 Å². The van der Waals surface area contributed by atoms with Gasteiger partial charge in [0.05, 0.1) is 13.2 Å². The highest BCUT2D eigenvalue weighted by Crippen LogP contribution is 2.44. The van der Waals surface area contributed by atoms with Crippen LogP contribution in [0.15, 0.2) is 48.5 Å². The van der Waals surface area contributed by atoms with Gasteiger partial charge in [0.25, 0.3) is 0 Å². The van der Waals surface area contributed by atoms with E-state index in [1.807, 2.05) is 48.5 Å². The summed E-state index contributed by atoms with van der Waals surface area (Å²) in [6.07, 6.45) is -3.48. The molecule has 0 radical (unpaired) electrons. The lowest BCUT2D eigenvalue weighted by molar-refractivity contribution is -0.192. The van der Waals surface area contributed by atoms with Crippen molar-refractivity contribution in [1.82, 2.24) is 0 Å². The van der Waals surface area contributed by atoms with Gasteiger partial charge in [-0.1, -0.05) is 132 Å². The first-order valence-electron chi connectivity index (χ1n) is 23.6. The van der Waals surface area contributed by atoms with Gasteiger partial charge >= 0.3 is 23.9 Å². The second kappa shape index (κ2) is 19.5. The molecule has 0 aromatic heterocycles. The smallest absolute Gasteiger partial charge is 0.352 e. The SMILES string of the molecule is CCOC(=O)C1OC(=O)COc2c3cc(C(C)(C)C)cc2Cc2cc(C(C)(C)C)cc(c2O)Cc2cc(C(C)(C)C)cc(c2OCC(=O)O[C@@H]1C(=O)OCC)Cc1cc(C(C)(C)C)cc(c1O)C3. The molecule has 3 aliphatic rings. The zero-order chi connectivity index (χ0) is 50.3. The molecule has 68 heavy (non-hydrogen) atoms. The first-order chi connectivity index (χ1) is 31.6. The van der Waals surface area contributed by atoms with Crippen LogP contribution in [0.2, 0.25) is 0 Å². The number of carbonyl (C=O) groups excluding carboxylic acids is 4. The van der Waals surface area contributed by atoms with Crippen molar-refractivity contribution >= 4 is 23.9 Å². The Kier molecular flexibility index (Phi) is 14.7. The first kappa shape index (κ1) is 51.4. The number of ether oxygens (including phenoxy) is 6. The minimum Gasteiger partial charge on any atom is -0.507 e. The van der Waals surface area contributed by atoms with Gasteiger partial charge in [0.15, 0.2) is 13.2 Å². The molecule has 4 aromatic carbocycles. The summed E-state index contributed by atoms with van der Waals surface area (Å²) >= 11 is 0. The number of aromatic hydroxyl groups is 2. The fourth-order valence-corrected chi connectivity index (χ4v) is 8.55. The number of fused-ring (bicyclic) bond motifs is 9. The van der Waals surface area contributed by atoms with Crippen molar-refractivity contribution in [3.63, 3.8) is 0 Å². The largest absolute Gasteiger partial charge is 0.507 e. The predicted octanol–water partition coefficient (Wildman–Crippen LogP) is 9.69. The van der Waals surface area contributed by atoms with Gasteiger partial charge < -0.3 is 38.6 Å². The van der Waals surface area contributed by atoms with E-state index in [1.54, 1.807) is 13.8 Å². The summed E-state index contributed by atoms with van der Waals surface area (Å²) in [5.41, 5.74) is 7.37. The van der Waals surface area contributed by atoms with Crippen molar-refractivity contribution < 1.29 is 57.8 Å². The van der Waals surface area contributed by atoms with Crippen LogP contribution in [0.25, 0.3) is 0 Å². The molecule has 1 aliphatic carbocycles. The van der Waals surface area contributed by atoms with Gasteiger partial charge in [-0.25, -0.2) is 19.2 Å². The highest BCUT2D eigenvalue weighted by atomic mass is 16.7. The van der Waals surface area contributed by atoms with E-state index in [4.69, 9.17) is 28.4 Å². The van der Waals surface area contributed by atoms with E-state index in [0.717, 1.165) is 22.3 Å². The average Bonchev–Trinajstić information content (AvgIpc) is 3.21. The standard InChI is InChI=1S/C56H70O12/c1-15-63-51(61)49-50(52(62)64-16-2)68-44(58)30-66-48-37-19-33-23-39(53(3,4)5)21-31(45(33)59)17-35-25-41(55(9,10)11)26-36(47(35)65-29-43(57)67-49)18-32-22-40(54(6,7)8)24-34(46(32)60)20-38(48)28-42(27-37)56(12,13)14/h21-28,49-50,59-60H,15-20,29-30H2,1-14H3/t49-,50?/m0/s1. The minimum absolute atomic E-state index is 0.0661. The summed E-state index contributed by atoms with van der Waals surface area (Å²) in [5.74, 6) is -3.70. The zero-order valence-electron chi connectivity index (χ0n) is 42.4. The van der Waals surface area contributed by atoms with Crippen LogP contribution in [0.5, 0.6) is 23.0 Å². The summed E-state index contributed by atoms with van der Waals surface area (Å²) in [4.78, 5) is 55.3. The lowest BCUT2D eigenvalue weighted by atomic mass is 9.79. The van der Waals surface area contributed by atoms with Crippen molar-refractivity contribution in [2.45, 2.75) is 156 Å². The minimum atomic E-state index is -2.07. The topological polar surface area (TPSA) is 164 Å². The molecule has 4 aromatic rings. The van der Waals surface area contributed by atoms with E-state index >= 15 is 0 Å². The third-order valence-corrected chi connectivity index (χ3v) is 12.5. The van der Waals surface area contributed by atoms with E-state index in [9.17, 15) is 29.4 Å². The monoisotopic (exact) mass is 934 g/mol. The van der Waals surface area contributed by atoms with Crippen molar-refractivity contribution in [2.24, 2.45) is 0 Å². The number of rotatable bonds is 4. The molecular weight excluding hydrogens is 865 g/mol. The number of esters is 4. The molecule has 10 bridgehead atoms. The Morgan fingerprint density at radius 2 is 0.706 bits per heavy atom. The van der Waals surface area contributed by atoms with E-state index in [1.165, 1.54) is 0 Å². The van der Waals surface area contributed by atoms with E-state index in [0.29, 0.717) is 56.0 Å². The molecule has 0 amide bonds. The molecule has 1 unspecified atom stereocenters. The second-order valence-corrected chi connectivity index (χ2v) is 22.1. The molecular formula is C56H70O12. The summed E-state index contributed by atoms with van der Waals surface area (Å²) in [7, 11) is 0. The van der Waals surface area contributed by atoms with E-state index in [2.05, 4.69) is 83.1 Å². The Hall–Kier alpha value is -6.04. The maximum atomic E-state index is 14.0. The predicted molar refractivity (Wildman–Crippen MR) is 259 cm³/mol. The second-order valence-electron chi connectivity index (χ2n) is 22.1. The lowest BCUT2D eigenvalue weighted by Gasteiger charge is -2.28. The van der Waals surface area contributed by atoms with E-state index < -0.39 is 49.3 Å². The van der Waals surface area contributed by atoms with Gasteiger partial charge in [-0.05, 0) is 102 Å². The molecule has 12 nitrogen and oxygen atoms in total. The van der Waals surface area contributed by atoms with Crippen molar-refractivity contribution in [3.8, 4) is 23.0 Å². The zero-order valence-corrected chi connectivity index (χ0v) is 42.4. The summed E-state index contributed by atoms with van der Waals surface area (Å²) < 4.78 is 34.9. The molecule has 0 saturated carbocycles. The number of phenolic OH excluding ortho intramolecular Hbond substituents is 2. The van der Waals surface area contributed by atoms with Crippen LogP contribution in [-0.2, 0) is 85.5 Å². The van der Waals surface area contributed by atoms with Gasteiger partial charge in [-0.3, -0.25) is 0 Å². The van der Waals surface area contributed by atoms with Crippen LogP contribution in [0.1, 0.15) is 164 Å².